The average Bonchev–Trinajstić information content (AvgIpc) is 2.81. The van der Waals surface area contributed by atoms with Crippen LogP contribution >= 0.6 is 0 Å². The molecule has 33 heavy (non-hydrogen) atoms. The zero-order valence-electron chi connectivity index (χ0n) is 19.4. The number of hydrogen-bond acceptors (Lipinski definition) is 8. The first-order valence-electron chi connectivity index (χ1n) is 10.9. The van der Waals surface area contributed by atoms with Gasteiger partial charge in [-0.3, -0.25) is 10.1 Å². The maximum atomic E-state index is 12.5. The molecule has 0 aliphatic rings. The fourth-order valence-electron chi connectivity index (χ4n) is 2.84. The van der Waals surface area contributed by atoms with Crippen LogP contribution in [0.3, 0.4) is 0 Å². The highest BCUT2D eigenvalue weighted by atomic mass is 16.6. The molecule has 178 valence electrons. The number of ether oxygens (including phenoxy) is 3. The molecule has 0 unspecified atom stereocenters. The molecule has 0 radical (unpaired) electrons. The van der Waals surface area contributed by atoms with E-state index in [4.69, 9.17) is 19.9 Å². The maximum absolute atomic E-state index is 12.5. The lowest BCUT2D eigenvalue weighted by molar-refractivity contribution is -0.118. The Morgan fingerprint density at radius 1 is 1.09 bits per heavy atom. The summed E-state index contributed by atoms with van der Waals surface area (Å²) in [6.45, 7) is 7.83. The van der Waals surface area contributed by atoms with Crippen molar-refractivity contribution in [2.45, 2.75) is 59.2 Å². The van der Waals surface area contributed by atoms with E-state index in [9.17, 15) is 14.4 Å². The molecule has 0 saturated heterocycles. The summed E-state index contributed by atoms with van der Waals surface area (Å²) in [6, 6.07) is 9.28. The molecule has 0 aliphatic heterocycles. The minimum absolute atomic E-state index is 0.0530. The molecule has 2 amide bonds. The Kier molecular flexibility index (Phi) is 9.81. The second-order valence-corrected chi connectivity index (χ2v) is 7.70. The molecular formula is C24H31N3O6. The molecule has 2 rings (SSSR count). The number of esters is 1. The highest BCUT2D eigenvalue weighted by Gasteiger charge is 2.20. The lowest BCUT2D eigenvalue weighted by Crippen LogP contribution is -2.37. The van der Waals surface area contributed by atoms with Crippen molar-refractivity contribution in [2.24, 2.45) is 5.73 Å². The van der Waals surface area contributed by atoms with Gasteiger partial charge in [0.15, 0.2) is 5.75 Å². The molecule has 1 aromatic heterocycles. The molecule has 1 heterocycles. The number of rotatable bonds is 10. The minimum atomic E-state index is -1.06. The van der Waals surface area contributed by atoms with E-state index in [1.54, 1.807) is 0 Å². The number of benzene rings is 1. The van der Waals surface area contributed by atoms with Crippen LogP contribution in [-0.4, -0.2) is 35.6 Å². The van der Waals surface area contributed by atoms with Crippen LogP contribution in [0.5, 0.6) is 11.6 Å². The molecule has 3 N–H and O–H groups in total. The summed E-state index contributed by atoms with van der Waals surface area (Å²) >= 11 is 0. The number of carbonyl (C=O) groups excluding carboxylic acids is 3. The van der Waals surface area contributed by atoms with Crippen LogP contribution in [0.1, 0.15) is 67.9 Å². The zero-order valence-corrected chi connectivity index (χ0v) is 19.4. The fourth-order valence-corrected chi connectivity index (χ4v) is 2.84. The number of hydrogen-bond donors (Lipinski definition) is 2. The van der Waals surface area contributed by atoms with Crippen LogP contribution in [0.15, 0.2) is 36.5 Å². The summed E-state index contributed by atoms with van der Waals surface area (Å²) in [5.41, 5.74) is 7.40. The zero-order chi connectivity index (χ0) is 24.4. The van der Waals surface area contributed by atoms with Gasteiger partial charge in [-0.05, 0) is 29.9 Å². The monoisotopic (exact) mass is 457 g/mol. The Balaban J connectivity index is 2.24. The fraction of sp³-hybridized carbons (Fsp3) is 0.417. The lowest BCUT2D eigenvalue weighted by atomic mass is 10.0. The number of amides is 2. The maximum Gasteiger partial charge on any atom is 0.420 e. The van der Waals surface area contributed by atoms with Gasteiger partial charge in [0.1, 0.15) is 12.7 Å². The van der Waals surface area contributed by atoms with Crippen molar-refractivity contribution in [3.63, 3.8) is 0 Å². The Bertz CT molecular complexity index is 955. The van der Waals surface area contributed by atoms with Crippen molar-refractivity contribution in [3.8, 4) is 11.6 Å². The molecule has 0 saturated carbocycles. The van der Waals surface area contributed by atoms with Gasteiger partial charge < -0.3 is 19.9 Å². The second kappa shape index (κ2) is 12.5. The first kappa shape index (κ1) is 25.8. The van der Waals surface area contributed by atoms with E-state index < -0.39 is 18.0 Å². The predicted molar refractivity (Wildman–Crippen MR) is 122 cm³/mol. The molecule has 0 aliphatic carbocycles. The molecule has 0 fully saturated rings. The predicted octanol–water partition coefficient (Wildman–Crippen LogP) is 3.70. The van der Waals surface area contributed by atoms with Gasteiger partial charge in [-0.25, -0.2) is 14.6 Å². The van der Waals surface area contributed by atoms with Crippen molar-refractivity contribution in [3.05, 3.63) is 53.2 Å². The molecule has 2 aromatic rings. The number of nitrogens with zero attached hydrogens (tertiary/aromatic N) is 1. The first-order chi connectivity index (χ1) is 15.8. The normalized spacial score (nSPS) is 10.8. The third-order valence-electron chi connectivity index (χ3n) is 4.90. The van der Waals surface area contributed by atoms with Gasteiger partial charge in [-0.2, -0.15) is 0 Å². The number of pyridine rings is 1. The van der Waals surface area contributed by atoms with Crippen molar-refractivity contribution in [1.82, 2.24) is 10.3 Å². The van der Waals surface area contributed by atoms with Gasteiger partial charge in [0.05, 0.1) is 12.1 Å². The summed E-state index contributed by atoms with van der Waals surface area (Å²) in [7, 11) is 0. The highest BCUT2D eigenvalue weighted by molar-refractivity contribution is 5.93. The third-order valence-corrected chi connectivity index (χ3v) is 4.90. The Hall–Kier alpha value is -3.46. The van der Waals surface area contributed by atoms with E-state index in [0.29, 0.717) is 18.8 Å². The summed E-state index contributed by atoms with van der Waals surface area (Å²) in [5.74, 6) is -1.01. The smallest absolute Gasteiger partial charge is 0.420 e. The third kappa shape index (κ3) is 7.87. The second-order valence-electron chi connectivity index (χ2n) is 7.70. The van der Waals surface area contributed by atoms with E-state index in [0.717, 1.165) is 5.56 Å². The first-order valence-corrected chi connectivity index (χ1v) is 10.9. The topological polar surface area (TPSA) is 130 Å². The SMILES string of the molecule is CCC(CC)OC(=O)c1cnc(OC(=O)NC(=O)CN)c(OCc2ccc(C(C)C)cc2)c1. The van der Waals surface area contributed by atoms with Gasteiger partial charge in [-0.15, -0.1) is 0 Å². The molecule has 0 spiro atoms. The van der Waals surface area contributed by atoms with Crippen LogP contribution < -0.4 is 20.5 Å². The van der Waals surface area contributed by atoms with E-state index in [1.807, 2.05) is 43.4 Å². The van der Waals surface area contributed by atoms with E-state index in [2.05, 4.69) is 18.8 Å². The summed E-state index contributed by atoms with van der Waals surface area (Å²) in [5, 5.41) is 1.96. The quantitative estimate of drug-likeness (QED) is 0.517. The molecule has 0 atom stereocenters. The van der Waals surface area contributed by atoms with Gasteiger partial charge in [0.2, 0.25) is 5.91 Å². The number of nitrogens with one attached hydrogen (secondary N) is 1. The van der Waals surface area contributed by atoms with Crippen molar-refractivity contribution in [2.75, 3.05) is 6.54 Å². The van der Waals surface area contributed by atoms with Crippen molar-refractivity contribution < 1.29 is 28.6 Å². The van der Waals surface area contributed by atoms with E-state index in [-0.39, 0.29) is 36.4 Å². The van der Waals surface area contributed by atoms with Gasteiger partial charge in [-0.1, -0.05) is 52.0 Å². The average molecular weight is 458 g/mol. The van der Waals surface area contributed by atoms with Gasteiger partial charge in [0, 0.05) is 12.3 Å². The van der Waals surface area contributed by atoms with Crippen LogP contribution in [0, 0.1) is 0 Å². The summed E-state index contributed by atoms with van der Waals surface area (Å²) in [6.07, 6.45) is 1.31. The Morgan fingerprint density at radius 2 is 1.76 bits per heavy atom. The standard InChI is InChI=1S/C24H31N3O6/c1-5-19(6-2)32-23(29)18-11-20(22(26-13-18)33-24(30)27-21(28)12-25)31-14-16-7-9-17(10-8-16)15(3)4/h7-11,13,15,19H,5-6,12,14,25H2,1-4H3,(H,27,28,30). The summed E-state index contributed by atoms with van der Waals surface area (Å²) < 4.78 is 16.4. The highest BCUT2D eigenvalue weighted by Crippen LogP contribution is 2.28. The largest absolute Gasteiger partial charge is 0.483 e. The lowest BCUT2D eigenvalue weighted by Gasteiger charge is -2.15. The van der Waals surface area contributed by atoms with Crippen molar-refractivity contribution in [1.29, 1.82) is 0 Å². The van der Waals surface area contributed by atoms with Gasteiger partial charge in [0.25, 0.3) is 5.88 Å². The van der Waals surface area contributed by atoms with Crippen LogP contribution in [-0.2, 0) is 16.1 Å². The van der Waals surface area contributed by atoms with Crippen molar-refractivity contribution >= 4 is 18.0 Å². The number of carbonyl (C=O) groups is 3. The molecular weight excluding hydrogens is 426 g/mol. The Morgan fingerprint density at radius 3 is 2.33 bits per heavy atom. The molecule has 9 nitrogen and oxygen atoms in total. The molecule has 0 bridgehead atoms. The minimum Gasteiger partial charge on any atom is -0.483 e. The summed E-state index contributed by atoms with van der Waals surface area (Å²) in [4.78, 5) is 39.8. The molecule has 9 heteroatoms. The number of imide groups is 1. The Labute approximate surface area is 193 Å². The molecule has 1 aromatic carbocycles. The van der Waals surface area contributed by atoms with E-state index >= 15 is 0 Å². The van der Waals surface area contributed by atoms with Crippen LogP contribution in [0.4, 0.5) is 4.79 Å². The van der Waals surface area contributed by atoms with Crippen LogP contribution in [0.25, 0.3) is 0 Å². The number of aromatic nitrogens is 1. The number of nitrogens with two attached hydrogens (primary N) is 1. The van der Waals surface area contributed by atoms with E-state index in [1.165, 1.54) is 17.8 Å². The van der Waals surface area contributed by atoms with Gasteiger partial charge >= 0.3 is 12.1 Å². The van der Waals surface area contributed by atoms with Crippen LogP contribution in [0.2, 0.25) is 0 Å².